The van der Waals surface area contributed by atoms with Crippen LogP contribution in [0.25, 0.3) is 0 Å². The molecule has 0 spiro atoms. The SMILES string of the molecule is FC(F)(F)c1cc(Cl)ccc1NC(=S)N(Cc1cccnc1)C1CCCC1. The number of hydrogen-bond acceptors (Lipinski definition) is 2. The Balaban J connectivity index is 1.84. The van der Waals surface area contributed by atoms with Crippen LogP contribution in [0.3, 0.4) is 0 Å². The van der Waals surface area contributed by atoms with Gasteiger partial charge in [0.25, 0.3) is 0 Å². The molecule has 1 heterocycles. The number of halogens is 4. The van der Waals surface area contributed by atoms with Gasteiger partial charge in [0.1, 0.15) is 0 Å². The summed E-state index contributed by atoms with van der Waals surface area (Å²) in [7, 11) is 0. The average molecular weight is 414 g/mol. The zero-order valence-electron chi connectivity index (χ0n) is 14.5. The zero-order valence-corrected chi connectivity index (χ0v) is 16.0. The fraction of sp³-hybridized carbons (Fsp3) is 0.368. The van der Waals surface area contributed by atoms with E-state index in [2.05, 4.69) is 10.3 Å². The zero-order chi connectivity index (χ0) is 19.4. The summed E-state index contributed by atoms with van der Waals surface area (Å²) in [6, 6.07) is 7.61. The van der Waals surface area contributed by atoms with Crippen molar-refractivity contribution in [3.63, 3.8) is 0 Å². The second-order valence-electron chi connectivity index (χ2n) is 6.55. The van der Waals surface area contributed by atoms with Crippen LogP contribution in [0.1, 0.15) is 36.8 Å². The lowest BCUT2D eigenvalue weighted by molar-refractivity contribution is -0.136. The first-order valence-corrected chi connectivity index (χ1v) is 9.46. The molecule has 3 rings (SSSR count). The van der Waals surface area contributed by atoms with Crippen LogP contribution >= 0.6 is 23.8 Å². The van der Waals surface area contributed by atoms with E-state index in [1.54, 1.807) is 12.4 Å². The third-order valence-corrected chi connectivity index (χ3v) is 5.20. The molecule has 0 aliphatic heterocycles. The van der Waals surface area contributed by atoms with Gasteiger partial charge in [0, 0.05) is 30.0 Å². The molecule has 3 nitrogen and oxygen atoms in total. The number of hydrogen-bond donors (Lipinski definition) is 1. The number of nitrogens with one attached hydrogen (secondary N) is 1. The van der Waals surface area contributed by atoms with Gasteiger partial charge in [-0.05, 0) is 54.9 Å². The van der Waals surface area contributed by atoms with Gasteiger partial charge in [-0.2, -0.15) is 13.2 Å². The monoisotopic (exact) mass is 413 g/mol. The number of benzene rings is 1. The molecule has 8 heteroatoms. The first-order chi connectivity index (χ1) is 12.8. The third-order valence-electron chi connectivity index (χ3n) is 4.63. The number of rotatable bonds is 4. The maximum absolute atomic E-state index is 13.4. The summed E-state index contributed by atoms with van der Waals surface area (Å²) in [5.41, 5.74) is 0.0388. The lowest BCUT2D eigenvalue weighted by Gasteiger charge is -2.32. The smallest absolute Gasteiger partial charge is 0.342 e. The molecule has 2 aromatic rings. The molecule has 144 valence electrons. The summed E-state index contributed by atoms with van der Waals surface area (Å²) in [4.78, 5) is 6.08. The molecule has 0 saturated heterocycles. The normalized spacial score (nSPS) is 15.0. The number of aromatic nitrogens is 1. The Labute approximate surface area is 166 Å². The van der Waals surface area contributed by atoms with Crippen molar-refractivity contribution in [2.24, 2.45) is 0 Å². The highest BCUT2D eigenvalue weighted by Gasteiger charge is 2.34. The molecule has 1 N–H and O–H groups in total. The molecule has 27 heavy (non-hydrogen) atoms. The van der Waals surface area contributed by atoms with Crippen molar-refractivity contribution < 1.29 is 13.2 Å². The molecule has 0 unspecified atom stereocenters. The summed E-state index contributed by atoms with van der Waals surface area (Å²) in [5.74, 6) is 0. The van der Waals surface area contributed by atoms with Gasteiger partial charge in [-0.15, -0.1) is 0 Å². The predicted octanol–water partition coefficient (Wildman–Crippen LogP) is 5.90. The van der Waals surface area contributed by atoms with E-state index in [0.717, 1.165) is 37.3 Å². The Hall–Kier alpha value is -1.86. The van der Waals surface area contributed by atoms with Crippen LogP contribution in [-0.4, -0.2) is 21.0 Å². The van der Waals surface area contributed by atoms with Crippen molar-refractivity contribution in [2.45, 2.75) is 44.4 Å². The molecule has 1 fully saturated rings. The highest BCUT2D eigenvalue weighted by atomic mass is 35.5. The average Bonchev–Trinajstić information content (AvgIpc) is 3.15. The molecule has 1 aromatic heterocycles. The van der Waals surface area contributed by atoms with E-state index >= 15 is 0 Å². The van der Waals surface area contributed by atoms with Crippen molar-refractivity contribution in [3.05, 3.63) is 58.9 Å². The van der Waals surface area contributed by atoms with E-state index in [4.69, 9.17) is 23.8 Å². The lowest BCUT2D eigenvalue weighted by Crippen LogP contribution is -2.41. The Morgan fingerprint density at radius 3 is 2.63 bits per heavy atom. The van der Waals surface area contributed by atoms with Crippen molar-refractivity contribution in [3.8, 4) is 0 Å². The van der Waals surface area contributed by atoms with Crippen molar-refractivity contribution >= 4 is 34.6 Å². The predicted molar refractivity (Wildman–Crippen MR) is 105 cm³/mol. The summed E-state index contributed by atoms with van der Waals surface area (Å²) in [6.45, 7) is 0.499. The van der Waals surface area contributed by atoms with Gasteiger partial charge in [0.05, 0.1) is 11.3 Å². The number of pyridine rings is 1. The third kappa shape index (κ3) is 5.11. The van der Waals surface area contributed by atoms with Gasteiger partial charge in [-0.25, -0.2) is 0 Å². The number of alkyl halides is 3. The Bertz CT molecular complexity index is 793. The van der Waals surface area contributed by atoms with E-state index in [0.29, 0.717) is 6.54 Å². The molecule has 1 aromatic carbocycles. The van der Waals surface area contributed by atoms with Crippen LogP contribution in [0.15, 0.2) is 42.7 Å². The summed E-state index contributed by atoms with van der Waals surface area (Å²) in [6.07, 6.45) is 3.02. The van der Waals surface area contributed by atoms with Gasteiger partial charge in [0.2, 0.25) is 0 Å². The minimum atomic E-state index is -4.52. The quantitative estimate of drug-likeness (QED) is 0.632. The molecular formula is C19H19ClF3N3S. The van der Waals surface area contributed by atoms with Crippen LogP contribution in [0.2, 0.25) is 5.02 Å². The van der Waals surface area contributed by atoms with Gasteiger partial charge in [-0.1, -0.05) is 30.5 Å². The minimum Gasteiger partial charge on any atom is -0.342 e. The largest absolute Gasteiger partial charge is 0.418 e. The molecule has 0 amide bonds. The summed E-state index contributed by atoms with van der Waals surface area (Å²) in [5, 5.41) is 3.11. The second-order valence-corrected chi connectivity index (χ2v) is 7.37. The molecule has 1 aliphatic rings. The molecule has 0 radical (unpaired) electrons. The first kappa shape index (κ1) is 19.9. The van der Waals surface area contributed by atoms with Crippen molar-refractivity contribution in [2.75, 3.05) is 5.32 Å². The van der Waals surface area contributed by atoms with Gasteiger partial charge in [-0.3, -0.25) is 4.98 Å². The van der Waals surface area contributed by atoms with Gasteiger partial charge < -0.3 is 10.2 Å². The van der Waals surface area contributed by atoms with E-state index < -0.39 is 11.7 Å². The van der Waals surface area contributed by atoms with Gasteiger partial charge >= 0.3 is 6.18 Å². The van der Waals surface area contributed by atoms with Crippen LogP contribution in [0.5, 0.6) is 0 Å². The number of nitrogens with zero attached hydrogens (tertiary/aromatic N) is 2. The number of anilines is 1. The highest BCUT2D eigenvalue weighted by Crippen LogP contribution is 2.37. The molecule has 0 bridgehead atoms. The van der Waals surface area contributed by atoms with Gasteiger partial charge in [0.15, 0.2) is 5.11 Å². The first-order valence-electron chi connectivity index (χ1n) is 8.68. The Morgan fingerprint density at radius 2 is 2.00 bits per heavy atom. The second kappa shape index (κ2) is 8.44. The molecule has 0 atom stereocenters. The summed E-state index contributed by atoms with van der Waals surface area (Å²) >= 11 is 11.3. The van der Waals surface area contributed by atoms with Crippen LogP contribution in [0, 0.1) is 0 Å². The molecule has 1 aliphatic carbocycles. The van der Waals surface area contributed by atoms with Crippen LogP contribution in [-0.2, 0) is 12.7 Å². The van der Waals surface area contributed by atoms with E-state index in [1.807, 2.05) is 17.0 Å². The summed E-state index contributed by atoms with van der Waals surface area (Å²) < 4.78 is 40.1. The Morgan fingerprint density at radius 1 is 1.26 bits per heavy atom. The van der Waals surface area contributed by atoms with E-state index in [-0.39, 0.29) is 21.9 Å². The Kier molecular flexibility index (Phi) is 6.22. The van der Waals surface area contributed by atoms with Crippen molar-refractivity contribution in [1.29, 1.82) is 0 Å². The fourth-order valence-electron chi connectivity index (χ4n) is 3.32. The van der Waals surface area contributed by atoms with Crippen molar-refractivity contribution in [1.82, 2.24) is 9.88 Å². The highest BCUT2D eigenvalue weighted by molar-refractivity contribution is 7.80. The number of thiocarbonyl (C=S) groups is 1. The fourth-order valence-corrected chi connectivity index (χ4v) is 3.81. The maximum atomic E-state index is 13.4. The topological polar surface area (TPSA) is 28.2 Å². The maximum Gasteiger partial charge on any atom is 0.418 e. The van der Waals surface area contributed by atoms with E-state index in [1.165, 1.54) is 12.1 Å². The molecule has 1 saturated carbocycles. The minimum absolute atomic E-state index is 0.0294. The van der Waals surface area contributed by atoms with E-state index in [9.17, 15) is 13.2 Å². The molecular weight excluding hydrogens is 395 g/mol. The lowest BCUT2D eigenvalue weighted by atomic mass is 10.1. The standard InChI is InChI=1S/C19H19ClF3N3S/c20-14-7-8-17(16(10-14)19(21,22)23)25-18(27)26(15-5-1-2-6-15)12-13-4-3-9-24-11-13/h3-4,7-11,15H,1-2,5-6,12H2,(H,25,27). The van der Waals surface area contributed by atoms with Crippen LogP contribution in [0.4, 0.5) is 18.9 Å². The van der Waals surface area contributed by atoms with Crippen LogP contribution < -0.4 is 5.32 Å².